The Morgan fingerprint density at radius 3 is 2.78 bits per heavy atom. The van der Waals surface area contributed by atoms with Gasteiger partial charge in [0.15, 0.2) is 5.82 Å². The molecule has 23 heavy (non-hydrogen) atoms. The summed E-state index contributed by atoms with van der Waals surface area (Å²) in [5.74, 6) is -0.386. The Hall–Kier alpha value is -2.38. The Kier molecular flexibility index (Phi) is 5.72. The normalized spacial score (nSPS) is 17.5. The number of piperidine rings is 1. The summed E-state index contributed by atoms with van der Waals surface area (Å²) in [7, 11) is 3.71. The van der Waals surface area contributed by atoms with Crippen molar-refractivity contribution in [3.05, 3.63) is 12.4 Å². The maximum absolute atomic E-state index is 12.0. The summed E-state index contributed by atoms with van der Waals surface area (Å²) in [4.78, 5) is 35.3. The highest BCUT2D eigenvalue weighted by Crippen LogP contribution is 2.24. The highest BCUT2D eigenvalue weighted by molar-refractivity contribution is 6.32. The van der Waals surface area contributed by atoms with Gasteiger partial charge in [0.05, 0.1) is 13.2 Å². The number of likely N-dealkylation sites (tertiary alicyclic amines) is 1. The molecule has 0 aliphatic carbocycles. The molecule has 0 N–H and O–H groups in total. The molecule has 0 spiro atoms. The van der Waals surface area contributed by atoms with Crippen LogP contribution in [0.25, 0.3) is 0 Å². The van der Waals surface area contributed by atoms with Crippen LogP contribution in [-0.2, 0) is 14.3 Å². The van der Waals surface area contributed by atoms with Crippen molar-refractivity contribution in [3.8, 4) is 5.88 Å². The third-order valence-corrected chi connectivity index (χ3v) is 3.46. The number of amides is 1. The van der Waals surface area contributed by atoms with Gasteiger partial charge in [-0.3, -0.25) is 4.79 Å². The lowest BCUT2D eigenvalue weighted by atomic mass is 10.1. The highest BCUT2D eigenvalue weighted by atomic mass is 16.5. The molecule has 1 aliphatic heterocycles. The lowest BCUT2D eigenvalue weighted by molar-refractivity contribution is -0.161. The lowest BCUT2D eigenvalue weighted by Crippen LogP contribution is -2.47. The maximum Gasteiger partial charge on any atom is 0.397 e. The number of carbonyl (C=O) groups is 2. The molecular formula is C15H22N4O4. The number of aromatic nitrogens is 2. The first-order valence-electron chi connectivity index (χ1n) is 7.64. The molecule has 2 heterocycles. The summed E-state index contributed by atoms with van der Waals surface area (Å²) >= 11 is 0. The fourth-order valence-corrected chi connectivity index (χ4v) is 2.41. The van der Waals surface area contributed by atoms with E-state index >= 15 is 0 Å². The van der Waals surface area contributed by atoms with Crippen LogP contribution >= 0.6 is 0 Å². The molecule has 1 atom stereocenters. The average Bonchev–Trinajstić information content (AvgIpc) is 2.55. The van der Waals surface area contributed by atoms with Gasteiger partial charge < -0.3 is 19.3 Å². The first-order chi connectivity index (χ1) is 11.0. The van der Waals surface area contributed by atoms with Crippen molar-refractivity contribution in [3.63, 3.8) is 0 Å². The Morgan fingerprint density at radius 1 is 1.35 bits per heavy atom. The SMILES string of the molecule is CCOC(=O)C(=O)N1CCCC(Oc2nccnc2N(C)C)C1. The fourth-order valence-electron chi connectivity index (χ4n) is 2.41. The van der Waals surface area contributed by atoms with Gasteiger partial charge in [-0.25, -0.2) is 14.8 Å². The summed E-state index contributed by atoms with van der Waals surface area (Å²) in [6.07, 6.45) is 4.48. The standard InChI is InChI=1S/C15H22N4O4/c1-4-22-15(21)14(20)19-9-5-6-11(10-19)23-13-12(18(2)3)16-7-8-17-13/h7-8,11H,4-6,9-10H2,1-3H3. The first-order valence-corrected chi connectivity index (χ1v) is 7.64. The Morgan fingerprint density at radius 2 is 2.09 bits per heavy atom. The summed E-state index contributed by atoms with van der Waals surface area (Å²) in [5, 5.41) is 0. The first kappa shape index (κ1) is 17.0. The Bertz CT molecular complexity index is 564. The highest BCUT2D eigenvalue weighted by Gasteiger charge is 2.30. The molecule has 8 nitrogen and oxygen atoms in total. The van der Waals surface area contributed by atoms with Gasteiger partial charge in [0.25, 0.3) is 5.88 Å². The number of anilines is 1. The smallest absolute Gasteiger partial charge is 0.397 e. The zero-order valence-electron chi connectivity index (χ0n) is 13.7. The van der Waals surface area contributed by atoms with Crippen molar-refractivity contribution in [1.82, 2.24) is 14.9 Å². The van der Waals surface area contributed by atoms with E-state index in [-0.39, 0.29) is 12.7 Å². The van der Waals surface area contributed by atoms with E-state index in [1.54, 1.807) is 19.3 Å². The predicted molar refractivity (Wildman–Crippen MR) is 83.2 cm³/mol. The van der Waals surface area contributed by atoms with Gasteiger partial charge in [0.1, 0.15) is 6.10 Å². The second-order valence-corrected chi connectivity index (χ2v) is 5.43. The molecule has 8 heteroatoms. The van der Waals surface area contributed by atoms with Crippen LogP contribution in [0.15, 0.2) is 12.4 Å². The molecule has 2 rings (SSSR count). The second kappa shape index (κ2) is 7.75. The second-order valence-electron chi connectivity index (χ2n) is 5.43. The van der Waals surface area contributed by atoms with Crippen molar-refractivity contribution >= 4 is 17.7 Å². The monoisotopic (exact) mass is 322 g/mol. The Labute approximate surface area is 135 Å². The summed E-state index contributed by atoms with van der Waals surface area (Å²) in [6, 6.07) is 0. The van der Waals surface area contributed by atoms with Gasteiger partial charge in [-0.05, 0) is 19.8 Å². The molecule has 1 aromatic rings. The maximum atomic E-state index is 12.0. The van der Waals surface area contributed by atoms with E-state index in [2.05, 4.69) is 9.97 Å². The molecule has 1 aliphatic rings. The molecule has 0 bridgehead atoms. The van der Waals surface area contributed by atoms with Crippen LogP contribution < -0.4 is 9.64 Å². The quantitative estimate of drug-likeness (QED) is 0.588. The number of hydrogen-bond donors (Lipinski definition) is 0. The van der Waals surface area contributed by atoms with Crippen molar-refractivity contribution in [2.75, 3.05) is 38.7 Å². The molecule has 1 fully saturated rings. The molecular weight excluding hydrogens is 300 g/mol. The van der Waals surface area contributed by atoms with Crippen LogP contribution in [0.2, 0.25) is 0 Å². The topological polar surface area (TPSA) is 84.9 Å². The fraction of sp³-hybridized carbons (Fsp3) is 0.600. The zero-order chi connectivity index (χ0) is 16.8. The van der Waals surface area contributed by atoms with Gasteiger partial charge in [-0.1, -0.05) is 0 Å². The van der Waals surface area contributed by atoms with Crippen molar-refractivity contribution in [1.29, 1.82) is 0 Å². The van der Waals surface area contributed by atoms with E-state index in [0.29, 0.717) is 24.8 Å². The van der Waals surface area contributed by atoms with Crippen LogP contribution in [0, 0.1) is 0 Å². The number of ether oxygens (including phenoxy) is 2. The van der Waals surface area contributed by atoms with Crippen LogP contribution in [0.3, 0.4) is 0 Å². The molecule has 0 aromatic carbocycles. The van der Waals surface area contributed by atoms with E-state index in [1.807, 2.05) is 19.0 Å². The van der Waals surface area contributed by atoms with Crippen molar-refractivity contribution in [2.45, 2.75) is 25.9 Å². The largest absolute Gasteiger partial charge is 0.470 e. The van der Waals surface area contributed by atoms with E-state index < -0.39 is 11.9 Å². The van der Waals surface area contributed by atoms with Crippen molar-refractivity contribution < 1.29 is 19.1 Å². The van der Waals surface area contributed by atoms with E-state index in [0.717, 1.165) is 12.8 Å². The third-order valence-electron chi connectivity index (χ3n) is 3.46. The summed E-state index contributed by atoms with van der Waals surface area (Å²) < 4.78 is 10.7. The molecule has 1 saturated heterocycles. The molecule has 126 valence electrons. The van der Waals surface area contributed by atoms with Gasteiger partial charge in [0, 0.05) is 33.0 Å². The van der Waals surface area contributed by atoms with Gasteiger partial charge in [-0.15, -0.1) is 0 Å². The van der Waals surface area contributed by atoms with Crippen molar-refractivity contribution in [2.24, 2.45) is 0 Å². The summed E-state index contributed by atoms with van der Waals surface area (Å²) in [5.41, 5.74) is 0. The van der Waals surface area contributed by atoms with Crippen LogP contribution in [0.1, 0.15) is 19.8 Å². The van der Waals surface area contributed by atoms with Gasteiger partial charge in [-0.2, -0.15) is 0 Å². The van der Waals surface area contributed by atoms with Crippen LogP contribution in [0.5, 0.6) is 5.88 Å². The number of hydrogen-bond acceptors (Lipinski definition) is 7. The Balaban J connectivity index is 2.02. The van der Waals surface area contributed by atoms with Gasteiger partial charge >= 0.3 is 11.9 Å². The molecule has 1 aromatic heterocycles. The number of rotatable bonds is 4. The lowest BCUT2D eigenvalue weighted by Gasteiger charge is -2.32. The number of nitrogens with zero attached hydrogens (tertiary/aromatic N) is 4. The number of carbonyl (C=O) groups excluding carboxylic acids is 2. The van der Waals surface area contributed by atoms with Gasteiger partial charge in [0.2, 0.25) is 0 Å². The zero-order valence-corrected chi connectivity index (χ0v) is 13.7. The molecule has 0 radical (unpaired) electrons. The molecule has 0 saturated carbocycles. The summed E-state index contributed by atoms with van der Waals surface area (Å²) in [6.45, 7) is 2.72. The molecule has 1 unspecified atom stereocenters. The minimum atomic E-state index is -0.818. The minimum Gasteiger partial charge on any atom is -0.470 e. The minimum absolute atomic E-state index is 0.185. The van der Waals surface area contributed by atoms with E-state index in [1.165, 1.54) is 4.90 Å². The van der Waals surface area contributed by atoms with Crippen LogP contribution in [0.4, 0.5) is 5.82 Å². The van der Waals surface area contributed by atoms with Crippen LogP contribution in [-0.4, -0.2) is 66.6 Å². The predicted octanol–water partition coefficient (Wildman–Crippen LogP) is 0.475. The van der Waals surface area contributed by atoms with E-state index in [9.17, 15) is 9.59 Å². The molecule has 1 amide bonds. The average molecular weight is 322 g/mol. The number of esters is 1. The third kappa shape index (κ3) is 4.30. The van der Waals surface area contributed by atoms with E-state index in [4.69, 9.17) is 9.47 Å².